The van der Waals surface area contributed by atoms with Gasteiger partial charge in [0.2, 0.25) is 0 Å². The van der Waals surface area contributed by atoms with E-state index in [1.54, 1.807) is 6.07 Å². The molecule has 1 unspecified atom stereocenters. The highest BCUT2D eigenvalue weighted by atomic mass is 19.1. The lowest BCUT2D eigenvalue weighted by molar-refractivity contribution is -0.00778. The molecule has 20 heavy (non-hydrogen) atoms. The van der Waals surface area contributed by atoms with Crippen LogP contribution in [0.1, 0.15) is 45.1 Å². The van der Waals surface area contributed by atoms with Crippen LogP contribution in [0.2, 0.25) is 0 Å². The standard InChI is InChI=1S/C17H26FNO/c1-13-7-9-17(20,10-8-13)12-19-14(2)11-15-5-3-4-6-16(15)18/h3-6,13-14,19-20H,7-12H2,1-2H3. The fraction of sp³-hybridized carbons (Fsp3) is 0.647. The van der Waals surface area contributed by atoms with E-state index in [-0.39, 0.29) is 11.9 Å². The van der Waals surface area contributed by atoms with Crippen molar-refractivity contribution in [2.75, 3.05) is 6.54 Å². The smallest absolute Gasteiger partial charge is 0.126 e. The highest BCUT2D eigenvalue weighted by Gasteiger charge is 2.31. The van der Waals surface area contributed by atoms with Gasteiger partial charge in [0, 0.05) is 12.6 Å². The molecule has 0 spiro atoms. The lowest BCUT2D eigenvalue weighted by Crippen LogP contribution is -2.46. The number of hydrogen-bond acceptors (Lipinski definition) is 2. The number of nitrogens with one attached hydrogen (secondary N) is 1. The summed E-state index contributed by atoms with van der Waals surface area (Å²) in [7, 11) is 0. The zero-order valence-corrected chi connectivity index (χ0v) is 12.5. The van der Waals surface area contributed by atoms with Gasteiger partial charge in [-0.25, -0.2) is 4.39 Å². The lowest BCUT2D eigenvalue weighted by Gasteiger charge is -2.36. The highest BCUT2D eigenvalue weighted by Crippen LogP contribution is 2.31. The van der Waals surface area contributed by atoms with Crippen LogP contribution >= 0.6 is 0 Å². The maximum atomic E-state index is 13.6. The highest BCUT2D eigenvalue weighted by molar-refractivity contribution is 5.18. The Kier molecular flexibility index (Phi) is 5.17. The van der Waals surface area contributed by atoms with Gasteiger partial charge in [-0.15, -0.1) is 0 Å². The number of halogens is 1. The Balaban J connectivity index is 1.80. The van der Waals surface area contributed by atoms with Crippen LogP contribution < -0.4 is 5.32 Å². The normalized spacial score (nSPS) is 28.3. The van der Waals surface area contributed by atoms with Gasteiger partial charge < -0.3 is 10.4 Å². The molecule has 0 heterocycles. The Labute approximate surface area is 121 Å². The summed E-state index contributed by atoms with van der Waals surface area (Å²) in [6, 6.07) is 7.06. The molecular formula is C17H26FNO. The molecule has 3 heteroatoms. The average Bonchev–Trinajstić information content (AvgIpc) is 2.43. The van der Waals surface area contributed by atoms with Crippen LogP contribution in [-0.4, -0.2) is 23.3 Å². The minimum absolute atomic E-state index is 0.147. The molecule has 0 saturated heterocycles. The summed E-state index contributed by atoms with van der Waals surface area (Å²) in [4.78, 5) is 0. The monoisotopic (exact) mass is 279 g/mol. The van der Waals surface area contributed by atoms with Crippen LogP contribution in [0.4, 0.5) is 4.39 Å². The zero-order chi connectivity index (χ0) is 14.6. The molecule has 2 rings (SSSR count). The minimum Gasteiger partial charge on any atom is -0.389 e. The maximum absolute atomic E-state index is 13.6. The van der Waals surface area contributed by atoms with E-state index in [9.17, 15) is 9.50 Å². The summed E-state index contributed by atoms with van der Waals surface area (Å²) >= 11 is 0. The Morgan fingerprint density at radius 1 is 1.35 bits per heavy atom. The number of hydrogen-bond donors (Lipinski definition) is 2. The number of rotatable bonds is 5. The first-order valence-corrected chi connectivity index (χ1v) is 7.68. The number of aliphatic hydroxyl groups is 1. The number of benzene rings is 1. The van der Waals surface area contributed by atoms with E-state index in [0.717, 1.165) is 37.2 Å². The molecule has 112 valence electrons. The predicted octanol–water partition coefficient (Wildman–Crippen LogP) is 3.29. The van der Waals surface area contributed by atoms with E-state index < -0.39 is 5.60 Å². The van der Waals surface area contributed by atoms with E-state index >= 15 is 0 Å². The molecule has 0 radical (unpaired) electrons. The van der Waals surface area contributed by atoms with Crippen molar-refractivity contribution in [2.45, 2.75) is 57.6 Å². The summed E-state index contributed by atoms with van der Waals surface area (Å²) in [5, 5.41) is 13.9. The van der Waals surface area contributed by atoms with Crippen molar-refractivity contribution in [3.05, 3.63) is 35.6 Å². The van der Waals surface area contributed by atoms with Crippen molar-refractivity contribution in [2.24, 2.45) is 5.92 Å². The molecule has 0 bridgehead atoms. The first-order chi connectivity index (χ1) is 9.48. The summed E-state index contributed by atoms with van der Waals surface area (Å²) < 4.78 is 13.6. The van der Waals surface area contributed by atoms with Crippen LogP contribution in [0.25, 0.3) is 0 Å². The van der Waals surface area contributed by atoms with Gasteiger partial charge in [0.25, 0.3) is 0 Å². The second-order valence-electron chi connectivity index (χ2n) is 6.48. The Bertz CT molecular complexity index is 427. The molecule has 1 atom stereocenters. The summed E-state index contributed by atoms with van der Waals surface area (Å²) in [5.41, 5.74) is 0.160. The topological polar surface area (TPSA) is 32.3 Å². The van der Waals surface area contributed by atoms with Crippen LogP contribution in [0.15, 0.2) is 24.3 Å². The average molecular weight is 279 g/mol. The van der Waals surface area contributed by atoms with Crippen molar-refractivity contribution in [1.29, 1.82) is 0 Å². The second-order valence-corrected chi connectivity index (χ2v) is 6.48. The van der Waals surface area contributed by atoms with Crippen LogP contribution in [-0.2, 0) is 6.42 Å². The predicted molar refractivity (Wildman–Crippen MR) is 80.2 cm³/mol. The third kappa shape index (κ3) is 4.29. The van der Waals surface area contributed by atoms with Gasteiger partial charge >= 0.3 is 0 Å². The van der Waals surface area contributed by atoms with Crippen LogP contribution in [0, 0.1) is 11.7 Å². The molecule has 0 aliphatic heterocycles. The van der Waals surface area contributed by atoms with Gasteiger partial charge in [0.05, 0.1) is 5.60 Å². The van der Waals surface area contributed by atoms with E-state index in [4.69, 9.17) is 0 Å². The molecule has 0 aromatic heterocycles. The first-order valence-electron chi connectivity index (χ1n) is 7.68. The summed E-state index contributed by atoms with van der Waals surface area (Å²) in [6.45, 7) is 4.89. The SMILES string of the molecule is CC1CCC(O)(CNC(C)Cc2ccccc2F)CC1. The summed E-state index contributed by atoms with van der Waals surface area (Å²) in [6.07, 6.45) is 4.58. The second kappa shape index (κ2) is 6.68. The zero-order valence-electron chi connectivity index (χ0n) is 12.5. The molecule has 2 nitrogen and oxygen atoms in total. The van der Waals surface area contributed by atoms with Crippen molar-refractivity contribution >= 4 is 0 Å². The van der Waals surface area contributed by atoms with Gasteiger partial charge in [-0.2, -0.15) is 0 Å². The van der Waals surface area contributed by atoms with Crippen LogP contribution in [0.5, 0.6) is 0 Å². The quantitative estimate of drug-likeness (QED) is 0.867. The van der Waals surface area contributed by atoms with Gasteiger partial charge in [-0.3, -0.25) is 0 Å². The van der Waals surface area contributed by atoms with Crippen molar-refractivity contribution < 1.29 is 9.50 Å². The lowest BCUT2D eigenvalue weighted by atomic mass is 9.79. The Morgan fingerprint density at radius 2 is 2.00 bits per heavy atom. The molecule has 2 N–H and O–H groups in total. The third-order valence-electron chi connectivity index (χ3n) is 4.47. The molecule has 1 fully saturated rings. The Morgan fingerprint density at radius 3 is 2.65 bits per heavy atom. The van der Waals surface area contributed by atoms with E-state index in [0.29, 0.717) is 13.0 Å². The Hall–Kier alpha value is -0.930. The molecular weight excluding hydrogens is 253 g/mol. The van der Waals surface area contributed by atoms with Gasteiger partial charge in [0.1, 0.15) is 5.82 Å². The van der Waals surface area contributed by atoms with Gasteiger partial charge in [0.15, 0.2) is 0 Å². The molecule has 1 aromatic rings. The molecule has 1 aliphatic rings. The van der Waals surface area contributed by atoms with Crippen LogP contribution in [0.3, 0.4) is 0 Å². The van der Waals surface area contributed by atoms with Crippen molar-refractivity contribution in [1.82, 2.24) is 5.32 Å². The van der Waals surface area contributed by atoms with Gasteiger partial charge in [-0.1, -0.05) is 25.1 Å². The molecule has 1 aromatic carbocycles. The molecule has 0 amide bonds. The van der Waals surface area contributed by atoms with Gasteiger partial charge in [-0.05, 0) is 56.6 Å². The first kappa shape index (κ1) is 15.5. The summed E-state index contributed by atoms with van der Waals surface area (Å²) in [5.74, 6) is 0.581. The molecule has 1 aliphatic carbocycles. The van der Waals surface area contributed by atoms with E-state index in [1.807, 2.05) is 19.1 Å². The third-order valence-corrected chi connectivity index (χ3v) is 4.47. The maximum Gasteiger partial charge on any atom is 0.126 e. The van der Waals surface area contributed by atoms with E-state index in [2.05, 4.69) is 12.2 Å². The minimum atomic E-state index is -0.573. The largest absolute Gasteiger partial charge is 0.389 e. The fourth-order valence-corrected chi connectivity index (χ4v) is 2.91. The van der Waals surface area contributed by atoms with Crippen molar-refractivity contribution in [3.8, 4) is 0 Å². The van der Waals surface area contributed by atoms with E-state index in [1.165, 1.54) is 6.07 Å². The molecule has 1 saturated carbocycles. The van der Waals surface area contributed by atoms with Crippen molar-refractivity contribution in [3.63, 3.8) is 0 Å². The fourth-order valence-electron chi connectivity index (χ4n) is 2.91.